The van der Waals surface area contributed by atoms with E-state index in [1.54, 1.807) is 11.3 Å². The number of hydrogen-bond acceptors (Lipinski definition) is 4. The van der Waals surface area contributed by atoms with Crippen LogP contribution in [0.5, 0.6) is 0 Å². The van der Waals surface area contributed by atoms with Gasteiger partial charge in [-0.1, -0.05) is 27.7 Å². The summed E-state index contributed by atoms with van der Waals surface area (Å²) in [6, 6.07) is 0. The van der Waals surface area contributed by atoms with Gasteiger partial charge in [0.2, 0.25) is 0 Å². The Morgan fingerprint density at radius 2 is 2.06 bits per heavy atom. The summed E-state index contributed by atoms with van der Waals surface area (Å²) in [6.45, 7) is 10.7. The summed E-state index contributed by atoms with van der Waals surface area (Å²) in [6.07, 6.45) is 1.37. The molecule has 0 aliphatic heterocycles. The van der Waals surface area contributed by atoms with Gasteiger partial charge in [0, 0.05) is 30.4 Å². The largest absolute Gasteiger partial charge is 0.351 e. The Kier molecular flexibility index (Phi) is 3.70. The van der Waals surface area contributed by atoms with E-state index in [4.69, 9.17) is 10.7 Å². The zero-order valence-corrected chi connectivity index (χ0v) is 13.0. The van der Waals surface area contributed by atoms with Crippen molar-refractivity contribution in [3.8, 4) is 0 Å². The van der Waals surface area contributed by atoms with Crippen LogP contribution in [0.2, 0.25) is 0 Å². The van der Waals surface area contributed by atoms with Crippen molar-refractivity contribution in [3.63, 3.8) is 0 Å². The Hall–Kier alpha value is -0.610. The summed E-state index contributed by atoms with van der Waals surface area (Å²) in [5.74, 6) is 1.75. The molecule has 18 heavy (non-hydrogen) atoms. The fraction of sp³-hybridized carbons (Fsp3) is 0.786. The van der Waals surface area contributed by atoms with Gasteiger partial charge >= 0.3 is 0 Å². The molecule has 0 amide bonds. The zero-order chi connectivity index (χ0) is 13.5. The summed E-state index contributed by atoms with van der Waals surface area (Å²) >= 11 is 1.76. The molecule has 2 atom stereocenters. The summed E-state index contributed by atoms with van der Waals surface area (Å²) in [7, 11) is 2.15. The number of hydrogen-bond donors (Lipinski definition) is 1. The molecule has 4 heteroatoms. The number of nitrogens with two attached hydrogens (primary N) is 1. The van der Waals surface area contributed by atoms with Crippen molar-refractivity contribution in [1.29, 1.82) is 0 Å². The van der Waals surface area contributed by atoms with E-state index in [0.717, 1.165) is 23.5 Å². The molecular formula is C14H25N3S. The topological polar surface area (TPSA) is 42.2 Å². The molecule has 2 rings (SSSR count). The maximum Gasteiger partial charge on any atom is 0.185 e. The van der Waals surface area contributed by atoms with Gasteiger partial charge in [0.05, 0.1) is 5.69 Å². The van der Waals surface area contributed by atoms with E-state index in [-0.39, 0.29) is 5.41 Å². The molecule has 0 saturated heterocycles. The average Bonchev–Trinajstić information content (AvgIpc) is 2.82. The van der Waals surface area contributed by atoms with Crippen LogP contribution < -0.4 is 10.6 Å². The molecule has 1 aliphatic carbocycles. The lowest BCUT2D eigenvalue weighted by molar-refractivity contribution is 0.565. The SMILES string of the molecule is CC1CC1CN(C)c1nc(C(C)(C)C)c(CN)s1. The Labute approximate surface area is 114 Å². The molecule has 1 saturated carbocycles. The molecule has 0 aromatic carbocycles. The lowest BCUT2D eigenvalue weighted by Crippen LogP contribution is -2.21. The van der Waals surface area contributed by atoms with Gasteiger partial charge in [0.25, 0.3) is 0 Å². The quantitative estimate of drug-likeness (QED) is 0.912. The standard InChI is InChI=1S/C14H25N3S/c1-9-6-10(9)8-17(5)13-16-12(14(2,3)4)11(7-15)18-13/h9-10H,6-8,15H2,1-5H3. The van der Waals surface area contributed by atoms with Gasteiger partial charge in [0.15, 0.2) is 5.13 Å². The van der Waals surface area contributed by atoms with Gasteiger partial charge in [0.1, 0.15) is 0 Å². The van der Waals surface area contributed by atoms with Crippen LogP contribution in [0.25, 0.3) is 0 Å². The molecule has 0 radical (unpaired) electrons. The first kappa shape index (κ1) is 13.8. The van der Waals surface area contributed by atoms with Crippen LogP contribution >= 0.6 is 11.3 Å². The predicted molar refractivity (Wildman–Crippen MR) is 79.2 cm³/mol. The van der Waals surface area contributed by atoms with Crippen LogP contribution in [0.1, 0.15) is 44.7 Å². The molecule has 3 nitrogen and oxygen atoms in total. The molecular weight excluding hydrogens is 242 g/mol. The van der Waals surface area contributed by atoms with Gasteiger partial charge in [-0.2, -0.15) is 0 Å². The molecule has 102 valence electrons. The molecule has 2 N–H and O–H groups in total. The molecule has 0 bridgehead atoms. The predicted octanol–water partition coefficient (Wildman–Crippen LogP) is 2.99. The monoisotopic (exact) mass is 267 g/mol. The molecule has 1 fully saturated rings. The normalized spacial score (nSPS) is 23.2. The highest BCUT2D eigenvalue weighted by Crippen LogP contribution is 2.40. The van der Waals surface area contributed by atoms with E-state index in [0.29, 0.717) is 6.54 Å². The van der Waals surface area contributed by atoms with Crippen LogP contribution in [-0.4, -0.2) is 18.6 Å². The lowest BCUT2D eigenvalue weighted by Gasteiger charge is -2.18. The fourth-order valence-corrected chi connectivity index (χ4v) is 3.43. The number of rotatable bonds is 4. The van der Waals surface area contributed by atoms with Crippen LogP contribution in [0.3, 0.4) is 0 Å². The van der Waals surface area contributed by atoms with Gasteiger partial charge in [-0.25, -0.2) is 4.98 Å². The van der Waals surface area contributed by atoms with Crippen LogP contribution in [0, 0.1) is 11.8 Å². The minimum Gasteiger partial charge on any atom is -0.351 e. The maximum atomic E-state index is 5.85. The molecule has 1 aromatic heterocycles. The van der Waals surface area contributed by atoms with E-state index >= 15 is 0 Å². The minimum atomic E-state index is 0.0805. The Balaban J connectivity index is 2.15. The lowest BCUT2D eigenvalue weighted by atomic mass is 9.91. The number of thiazole rings is 1. The van der Waals surface area contributed by atoms with Crippen molar-refractivity contribution in [1.82, 2.24) is 4.98 Å². The van der Waals surface area contributed by atoms with Gasteiger partial charge < -0.3 is 10.6 Å². The third kappa shape index (κ3) is 2.86. The van der Waals surface area contributed by atoms with Gasteiger partial charge in [-0.05, 0) is 18.3 Å². The first-order valence-corrected chi connectivity index (χ1v) is 7.56. The second-order valence-electron chi connectivity index (χ2n) is 6.58. The molecule has 0 spiro atoms. The van der Waals surface area contributed by atoms with Gasteiger partial charge in [-0.15, -0.1) is 11.3 Å². The highest BCUT2D eigenvalue weighted by molar-refractivity contribution is 7.15. The summed E-state index contributed by atoms with van der Waals surface area (Å²) < 4.78 is 0. The third-order valence-corrected chi connectivity index (χ3v) is 4.88. The second-order valence-corrected chi connectivity index (χ2v) is 7.64. The van der Waals surface area contributed by atoms with E-state index in [2.05, 4.69) is 39.6 Å². The zero-order valence-electron chi connectivity index (χ0n) is 12.2. The first-order chi connectivity index (χ1) is 8.32. The second kappa shape index (κ2) is 4.82. The number of anilines is 1. The summed E-state index contributed by atoms with van der Waals surface area (Å²) in [5.41, 5.74) is 7.10. The van der Waals surface area contributed by atoms with Crippen LogP contribution in [0.15, 0.2) is 0 Å². The van der Waals surface area contributed by atoms with Crippen molar-refractivity contribution < 1.29 is 0 Å². The van der Waals surface area contributed by atoms with Crippen molar-refractivity contribution in [2.24, 2.45) is 17.6 Å². The van der Waals surface area contributed by atoms with Crippen LogP contribution in [0.4, 0.5) is 5.13 Å². The Morgan fingerprint density at radius 1 is 1.44 bits per heavy atom. The first-order valence-electron chi connectivity index (χ1n) is 6.74. The Morgan fingerprint density at radius 3 is 2.44 bits per heavy atom. The highest BCUT2D eigenvalue weighted by atomic mass is 32.1. The van der Waals surface area contributed by atoms with Crippen molar-refractivity contribution in [2.45, 2.75) is 46.1 Å². The highest BCUT2D eigenvalue weighted by Gasteiger charge is 2.34. The third-order valence-electron chi connectivity index (χ3n) is 3.69. The summed E-state index contributed by atoms with van der Waals surface area (Å²) in [4.78, 5) is 8.35. The number of nitrogens with zero attached hydrogens (tertiary/aromatic N) is 2. The smallest absolute Gasteiger partial charge is 0.185 e. The number of aromatic nitrogens is 1. The molecule has 2 unspecified atom stereocenters. The summed E-state index contributed by atoms with van der Waals surface area (Å²) in [5, 5.41) is 1.12. The van der Waals surface area contributed by atoms with E-state index < -0.39 is 0 Å². The van der Waals surface area contributed by atoms with Crippen molar-refractivity contribution in [2.75, 3.05) is 18.5 Å². The van der Waals surface area contributed by atoms with E-state index in [9.17, 15) is 0 Å². The Bertz CT molecular complexity index is 419. The minimum absolute atomic E-state index is 0.0805. The van der Waals surface area contributed by atoms with E-state index in [1.165, 1.54) is 17.0 Å². The average molecular weight is 267 g/mol. The van der Waals surface area contributed by atoms with E-state index in [1.807, 2.05) is 0 Å². The molecule has 1 aromatic rings. The van der Waals surface area contributed by atoms with Gasteiger partial charge in [-0.3, -0.25) is 0 Å². The van der Waals surface area contributed by atoms with Crippen molar-refractivity contribution in [3.05, 3.63) is 10.6 Å². The fourth-order valence-electron chi connectivity index (χ4n) is 2.31. The molecule has 1 aliphatic rings. The van der Waals surface area contributed by atoms with Crippen LogP contribution in [-0.2, 0) is 12.0 Å². The maximum absolute atomic E-state index is 5.85. The molecule has 1 heterocycles. The van der Waals surface area contributed by atoms with Crippen molar-refractivity contribution >= 4 is 16.5 Å².